The zero-order chi connectivity index (χ0) is 12.7. The van der Waals surface area contributed by atoms with Crippen molar-refractivity contribution in [1.29, 1.82) is 0 Å². The Morgan fingerprint density at radius 2 is 2.11 bits per heavy atom. The van der Waals surface area contributed by atoms with Crippen LogP contribution in [0.15, 0.2) is 34.7 Å². The molecule has 2 aromatic heterocycles. The fourth-order valence-corrected chi connectivity index (χ4v) is 2.11. The third kappa shape index (κ3) is 1.93. The second-order valence-electron chi connectivity index (χ2n) is 4.01. The number of H-pyrrole nitrogens is 1. The summed E-state index contributed by atoms with van der Waals surface area (Å²) in [6, 6.07) is 7.91. The Morgan fingerprint density at radius 1 is 1.28 bits per heavy atom. The topological polar surface area (TPSA) is 41.8 Å². The number of hydrogen-bond donors (Lipinski definition) is 1. The van der Waals surface area contributed by atoms with Crippen molar-refractivity contribution in [2.24, 2.45) is 0 Å². The molecule has 0 spiro atoms. The molecule has 0 aliphatic carbocycles. The first-order valence-electron chi connectivity index (χ1n) is 5.39. The molecule has 0 aliphatic heterocycles. The van der Waals surface area contributed by atoms with Crippen LogP contribution in [0.1, 0.15) is 5.82 Å². The van der Waals surface area contributed by atoms with E-state index in [2.05, 4.69) is 9.97 Å². The maximum Gasteiger partial charge on any atom is 0.151 e. The minimum atomic E-state index is -0.284. The van der Waals surface area contributed by atoms with Crippen molar-refractivity contribution in [3.8, 4) is 11.5 Å². The monoisotopic (exact) mass is 260 g/mol. The van der Waals surface area contributed by atoms with Gasteiger partial charge in [-0.2, -0.15) is 0 Å². The lowest BCUT2D eigenvalue weighted by Gasteiger charge is -1.98. The van der Waals surface area contributed by atoms with Gasteiger partial charge in [0.1, 0.15) is 21.9 Å². The highest BCUT2D eigenvalue weighted by atomic mass is 32.1. The lowest BCUT2D eigenvalue weighted by atomic mass is 10.2. The summed E-state index contributed by atoms with van der Waals surface area (Å²) in [5.41, 5.74) is 1.38. The highest BCUT2D eigenvalue weighted by molar-refractivity contribution is 7.71. The Morgan fingerprint density at radius 3 is 2.89 bits per heavy atom. The van der Waals surface area contributed by atoms with Crippen molar-refractivity contribution >= 4 is 23.2 Å². The molecule has 3 rings (SSSR count). The van der Waals surface area contributed by atoms with Gasteiger partial charge < -0.3 is 9.40 Å². The molecule has 0 unspecified atom stereocenters. The first kappa shape index (κ1) is 11.1. The number of aromatic nitrogens is 2. The van der Waals surface area contributed by atoms with Crippen LogP contribution in [-0.4, -0.2) is 9.97 Å². The summed E-state index contributed by atoms with van der Waals surface area (Å²) < 4.78 is 19.2. The molecule has 90 valence electrons. The van der Waals surface area contributed by atoms with Gasteiger partial charge in [-0.15, -0.1) is 0 Å². The van der Waals surface area contributed by atoms with E-state index in [0.29, 0.717) is 21.8 Å². The van der Waals surface area contributed by atoms with Gasteiger partial charge in [0.05, 0.1) is 5.69 Å². The third-order valence-corrected chi connectivity index (χ3v) is 2.81. The van der Waals surface area contributed by atoms with Gasteiger partial charge >= 0.3 is 0 Å². The minimum Gasteiger partial charge on any atom is -0.455 e. The first-order chi connectivity index (χ1) is 8.61. The van der Waals surface area contributed by atoms with E-state index in [1.807, 2.05) is 6.92 Å². The van der Waals surface area contributed by atoms with Crippen molar-refractivity contribution in [2.75, 3.05) is 0 Å². The fourth-order valence-electron chi connectivity index (χ4n) is 1.86. The lowest BCUT2D eigenvalue weighted by Crippen LogP contribution is -1.89. The fraction of sp³-hybridized carbons (Fsp3) is 0.0769. The maximum atomic E-state index is 13.1. The average Bonchev–Trinajstić information content (AvgIpc) is 2.70. The van der Waals surface area contributed by atoms with Crippen LogP contribution >= 0.6 is 12.2 Å². The van der Waals surface area contributed by atoms with E-state index in [-0.39, 0.29) is 5.82 Å². The van der Waals surface area contributed by atoms with Gasteiger partial charge in [-0.3, -0.25) is 0 Å². The Hall–Kier alpha value is -2.01. The molecule has 2 heterocycles. The number of benzene rings is 1. The summed E-state index contributed by atoms with van der Waals surface area (Å²) in [6.07, 6.45) is 0. The molecule has 3 aromatic rings. The molecule has 5 heteroatoms. The van der Waals surface area contributed by atoms with E-state index in [1.165, 1.54) is 12.1 Å². The average molecular weight is 260 g/mol. The van der Waals surface area contributed by atoms with Crippen LogP contribution in [0.3, 0.4) is 0 Å². The Balaban J connectivity index is 2.22. The molecular weight excluding hydrogens is 251 g/mol. The van der Waals surface area contributed by atoms with E-state index in [9.17, 15) is 4.39 Å². The van der Waals surface area contributed by atoms with E-state index in [4.69, 9.17) is 16.6 Å². The molecule has 0 saturated carbocycles. The molecular formula is C13H9FN2OS. The van der Waals surface area contributed by atoms with Gasteiger partial charge in [-0.1, -0.05) is 12.2 Å². The molecule has 0 fully saturated rings. The molecule has 0 radical (unpaired) electrons. The molecule has 0 atom stereocenters. The molecule has 1 N–H and O–H groups in total. The molecule has 1 aromatic carbocycles. The molecule has 0 bridgehead atoms. The highest BCUT2D eigenvalue weighted by Crippen LogP contribution is 2.27. The smallest absolute Gasteiger partial charge is 0.151 e. The number of hydrogen-bond acceptors (Lipinski definition) is 3. The number of rotatable bonds is 1. The summed E-state index contributed by atoms with van der Waals surface area (Å²) in [4.78, 5) is 7.16. The zero-order valence-corrected chi connectivity index (χ0v) is 10.3. The standard InChI is InChI=1S/C13H9FN2OS/c1-7-15-10(6-13(18)16-7)12-5-8-4-9(14)2-3-11(8)17-12/h2-6H,1H3,(H,15,16,18). The van der Waals surface area contributed by atoms with Gasteiger partial charge in [0.2, 0.25) is 0 Å². The molecule has 18 heavy (non-hydrogen) atoms. The number of fused-ring (bicyclic) bond motifs is 1. The predicted octanol–water partition coefficient (Wildman–Crippen LogP) is 4.00. The molecule has 0 saturated heterocycles. The van der Waals surface area contributed by atoms with Crippen molar-refractivity contribution in [3.63, 3.8) is 0 Å². The number of aromatic amines is 1. The second-order valence-corrected chi connectivity index (χ2v) is 4.43. The third-order valence-electron chi connectivity index (χ3n) is 2.61. The summed E-state index contributed by atoms with van der Waals surface area (Å²) in [6.45, 7) is 1.82. The Bertz CT molecular complexity index is 791. The minimum absolute atomic E-state index is 0.284. The van der Waals surface area contributed by atoms with Crippen LogP contribution in [0.2, 0.25) is 0 Å². The van der Waals surface area contributed by atoms with E-state index >= 15 is 0 Å². The van der Waals surface area contributed by atoms with Crippen LogP contribution in [0.25, 0.3) is 22.4 Å². The van der Waals surface area contributed by atoms with Crippen LogP contribution in [0, 0.1) is 17.4 Å². The van der Waals surface area contributed by atoms with Crippen molar-refractivity contribution in [2.45, 2.75) is 6.92 Å². The summed E-state index contributed by atoms with van der Waals surface area (Å²) in [5.74, 6) is 1.05. The van der Waals surface area contributed by atoms with Gasteiger partial charge in [0.15, 0.2) is 5.76 Å². The van der Waals surface area contributed by atoms with Gasteiger partial charge in [-0.05, 0) is 31.2 Å². The summed E-state index contributed by atoms with van der Waals surface area (Å²) >= 11 is 5.06. The summed E-state index contributed by atoms with van der Waals surface area (Å²) in [7, 11) is 0. The number of furan rings is 1. The normalized spacial score (nSPS) is 11.0. The van der Waals surface area contributed by atoms with E-state index < -0.39 is 0 Å². The quantitative estimate of drug-likeness (QED) is 0.672. The number of aryl methyl sites for hydroxylation is 1. The van der Waals surface area contributed by atoms with Gasteiger partial charge in [0, 0.05) is 11.5 Å². The van der Waals surface area contributed by atoms with Crippen LogP contribution in [0.5, 0.6) is 0 Å². The Kier molecular flexibility index (Phi) is 2.48. The molecule has 0 amide bonds. The van der Waals surface area contributed by atoms with E-state index in [0.717, 1.165) is 11.1 Å². The highest BCUT2D eigenvalue weighted by Gasteiger charge is 2.08. The van der Waals surface area contributed by atoms with Crippen LogP contribution in [-0.2, 0) is 0 Å². The summed E-state index contributed by atoms with van der Waals surface area (Å²) in [5, 5.41) is 0.721. The zero-order valence-electron chi connectivity index (χ0n) is 9.53. The van der Waals surface area contributed by atoms with Gasteiger partial charge in [0.25, 0.3) is 0 Å². The van der Waals surface area contributed by atoms with Crippen molar-refractivity contribution in [1.82, 2.24) is 9.97 Å². The SMILES string of the molecule is Cc1nc(=S)cc(-c2cc3cc(F)ccc3o2)[nH]1. The first-order valence-corrected chi connectivity index (χ1v) is 5.80. The van der Waals surface area contributed by atoms with Crippen LogP contribution in [0.4, 0.5) is 4.39 Å². The number of nitrogens with zero attached hydrogens (tertiary/aromatic N) is 1. The second kappa shape index (κ2) is 4.03. The Labute approximate surface area is 107 Å². The molecule has 3 nitrogen and oxygen atoms in total. The van der Waals surface area contributed by atoms with Crippen molar-refractivity contribution < 1.29 is 8.81 Å². The number of halogens is 1. The largest absolute Gasteiger partial charge is 0.455 e. The molecule has 0 aliphatic rings. The van der Waals surface area contributed by atoms with Gasteiger partial charge in [-0.25, -0.2) is 9.37 Å². The lowest BCUT2D eigenvalue weighted by molar-refractivity contribution is 0.617. The maximum absolute atomic E-state index is 13.1. The van der Waals surface area contributed by atoms with Crippen molar-refractivity contribution in [3.05, 3.63) is 46.6 Å². The number of nitrogens with one attached hydrogen (secondary N) is 1. The van der Waals surface area contributed by atoms with Crippen LogP contribution < -0.4 is 0 Å². The van der Waals surface area contributed by atoms with E-state index in [1.54, 1.807) is 18.2 Å². The predicted molar refractivity (Wildman–Crippen MR) is 69.3 cm³/mol.